The normalized spacial score (nSPS) is 11.0. The van der Waals surface area contributed by atoms with Crippen molar-refractivity contribution in [2.45, 2.75) is 18.7 Å². The number of ether oxygens (including phenoxy) is 2. The lowest BCUT2D eigenvalue weighted by atomic mass is 10.1. The summed E-state index contributed by atoms with van der Waals surface area (Å²) in [5, 5.41) is 0. The van der Waals surface area contributed by atoms with Gasteiger partial charge in [-0.3, -0.25) is 4.31 Å². The second-order valence-electron chi connectivity index (χ2n) is 5.92. The molecular formula is C19H21NO6S. The van der Waals surface area contributed by atoms with Crippen LogP contribution in [0.4, 0.5) is 5.69 Å². The van der Waals surface area contributed by atoms with Crippen molar-refractivity contribution in [1.82, 2.24) is 0 Å². The zero-order valence-electron chi connectivity index (χ0n) is 15.8. The highest BCUT2D eigenvalue weighted by molar-refractivity contribution is 7.92. The molecule has 7 nitrogen and oxygen atoms in total. The van der Waals surface area contributed by atoms with Crippen LogP contribution in [0.15, 0.2) is 41.3 Å². The molecule has 0 fully saturated rings. The molecule has 0 bridgehead atoms. The Labute approximate surface area is 158 Å². The number of rotatable bonds is 5. The SMILES string of the molecule is COC(=O)c1cc(C(=O)OC)cc(S(=O)(=O)N(C)c2cccc(C)c2C)c1. The topological polar surface area (TPSA) is 90.0 Å². The Hall–Kier alpha value is -2.87. The monoisotopic (exact) mass is 391 g/mol. The van der Waals surface area contributed by atoms with E-state index >= 15 is 0 Å². The van der Waals surface area contributed by atoms with Crippen molar-refractivity contribution in [2.24, 2.45) is 0 Å². The van der Waals surface area contributed by atoms with Crippen molar-refractivity contribution < 1.29 is 27.5 Å². The van der Waals surface area contributed by atoms with Crippen LogP contribution in [0.5, 0.6) is 0 Å². The lowest BCUT2D eigenvalue weighted by Gasteiger charge is -2.22. The Balaban J connectivity index is 2.65. The Morgan fingerprint density at radius 1 is 0.926 bits per heavy atom. The van der Waals surface area contributed by atoms with Crippen LogP contribution in [0.2, 0.25) is 0 Å². The standard InChI is InChI=1S/C19H21NO6S/c1-12-7-6-8-17(13(12)2)20(3)27(23,24)16-10-14(18(21)25-4)9-15(11-16)19(22)26-5/h6-11H,1-5H3. The summed E-state index contributed by atoms with van der Waals surface area (Å²) in [5.41, 5.74) is 2.12. The van der Waals surface area contributed by atoms with Crippen LogP contribution in [0.1, 0.15) is 31.8 Å². The predicted molar refractivity (Wildman–Crippen MR) is 101 cm³/mol. The van der Waals surface area contributed by atoms with Gasteiger partial charge in [0.05, 0.1) is 35.9 Å². The Morgan fingerprint density at radius 2 is 1.44 bits per heavy atom. The molecule has 144 valence electrons. The van der Waals surface area contributed by atoms with Gasteiger partial charge >= 0.3 is 11.9 Å². The summed E-state index contributed by atoms with van der Waals surface area (Å²) in [7, 11) is -0.285. The number of nitrogens with zero attached hydrogens (tertiary/aromatic N) is 1. The number of aryl methyl sites for hydroxylation is 1. The van der Waals surface area contributed by atoms with E-state index in [0.29, 0.717) is 5.69 Å². The molecule has 0 saturated heterocycles. The molecule has 0 heterocycles. The molecule has 0 aliphatic carbocycles. The van der Waals surface area contributed by atoms with Crippen LogP contribution in [-0.4, -0.2) is 41.6 Å². The van der Waals surface area contributed by atoms with Crippen molar-refractivity contribution in [3.63, 3.8) is 0 Å². The Morgan fingerprint density at radius 3 is 1.93 bits per heavy atom. The van der Waals surface area contributed by atoms with Crippen LogP contribution in [0.25, 0.3) is 0 Å². The third-order valence-corrected chi connectivity index (χ3v) is 6.07. The molecule has 0 amide bonds. The van der Waals surface area contributed by atoms with Gasteiger partial charge in [-0.2, -0.15) is 0 Å². The molecule has 2 aromatic carbocycles. The molecule has 27 heavy (non-hydrogen) atoms. The number of esters is 2. The third-order valence-electron chi connectivity index (χ3n) is 4.32. The average molecular weight is 391 g/mol. The van der Waals surface area contributed by atoms with Crippen molar-refractivity contribution >= 4 is 27.6 Å². The van der Waals surface area contributed by atoms with Gasteiger partial charge < -0.3 is 9.47 Å². The summed E-state index contributed by atoms with van der Waals surface area (Å²) in [6.07, 6.45) is 0. The molecule has 8 heteroatoms. The summed E-state index contributed by atoms with van der Waals surface area (Å²) in [5.74, 6) is -1.52. The van der Waals surface area contributed by atoms with Crippen LogP contribution in [-0.2, 0) is 19.5 Å². The number of anilines is 1. The third kappa shape index (κ3) is 3.95. The Bertz CT molecular complexity index is 963. The highest BCUT2D eigenvalue weighted by Crippen LogP contribution is 2.28. The summed E-state index contributed by atoms with van der Waals surface area (Å²) in [6.45, 7) is 3.70. The summed E-state index contributed by atoms with van der Waals surface area (Å²) < 4.78 is 36.7. The molecule has 2 rings (SSSR count). The van der Waals surface area contributed by atoms with E-state index in [4.69, 9.17) is 0 Å². The van der Waals surface area contributed by atoms with E-state index in [1.165, 1.54) is 39.5 Å². The minimum atomic E-state index is -4.04. The van der Waals surface area contributed by atoms with E-state index in [-0.39, 0.29) is 16.0 Å². The number of sulfonamides is 1. The van der Waals surface area contributed by atoms with Crippen molar-refractivity contribution in [2.75, 3.05) is 25.6 Å². The van der Waals surface area contributed by atoms with Gasteiger partial charge in [0.15, 0.2) is 0 Å². The molecule has 0 saturated carbocycles. The summed E-state index contributed by atoms with van der Waals surface area (Å²) in [4.78, 5) is 23.6. The number of methoxy groups -OCH3 is 2. The van der Waals surface area contributed by atoms with Gasteiger partial charge in [0.25, 0.3) is 10.0 Å². The predicted octanol–water partition coefficient (Wildman–Crippen LogP) is 2.70. The molecule has 0 aliphatic heterocycles. The fraction of sp³-hybridized carbons (Fsp3) is 0.263. The zero-order valence-corrected chi connectivity index (χ0v) is 16.6. The Kier molecular flexibility index (Phi) is 5.90. The maximum Gasteiger partial charge on any atom is 0.337 e. The smallest absolute Gasteiger partial charge is 0.337 e. The first-order chi connectivity index (χ1) is 12.6. The van der Waals surface area contributed by atoms with E-state index in [2.05, 4.69) is 9.47 Å². The number of benzene rings is 2. The molecule has 0 spiro atoms. The molecule has 0 N–H and O–H groups in total. The first-order valence-corrected chi connectivity index (χ1v) is 9.44. The van der Waals surface area contributed by atoms with Crippen LogP contribution in [0.3, 0.4) is 0 Å². The molecule has 0 aromatic heterocycles. The maximum absolute atomic E-state index is 13.1. The van der Waals surface area contributed by atoms with E-state index in [0.717, 1.165) is 15.4 Å². The van der Waals surface area contributed by atoms with Crippen molar-refractivity contribution in [1.29, 1.82) is 0 Å². The van der Waals surface area contributed by atoms with E-state index < -0.39 is 22.0 Å². The van der Waals surface area contributed by atoms with E-state index in [1.54, 1.807) is 12.1 Å². The van der Waals surface area contributed by atoms with Gasteiger partial charge in [-0.05, 0) is 49.2 Å². The highest BCUT2D eigenvalue weighted by atomic mass is 32.2. The van der Waals surface area contributed by atoms with Gasteiger partial charge in [0, 0.05) is 7.05 Å². The lowest BCUT2D eigenvalue weighted by molar-refractivity contribution is 0.0598. The molecule has 0 unspecified atom stereocenters. The maximum atomic E-state index is 13.1. The number of hydrogen-bond donors (Lipinski definition) is 0. The van der Waals surface area contributed by atoms with E-state index in [9.17, 15) is 18.0 Å². The number of carbonyl (C=O) groups is 2. The average Bonchev–Trinajstić information content (AvgIpc) is 2.67. The first kappa shape index (κ1) is 20.4. The van der Waals surface area contributed by atoms with Gasteiger partial charge in [-0.1, -0.05) is 12.1 Å². The quantitative estimate of drug-likeness (QED) is 0.728. The molecule has 0 radical (unpaired) electrons. The number of carbonyl (C=O) groups excluding carboxylic acids is 2. The lowest BCUT2D eigenvalue weighted by Crippen LogP contribution is -2.28. The molecule has 0 atom stereocenters. The number of hydrogen-bond acceptors (Lipinski definition) is 6. The fourth-order valence-electron chi connectivity index (χ4n) is 2.58. The van der Waals surface area contributed by atoms with Gasteiger partial charge in [0.2, 0.25) is 0 Å². The highest BCUT2D eigenvalue weighted by Gasteiger charge is 2.26. The van der Waals surface area contributed by atoms with E-state index in [1.807, 2.05) is 19.9 Å². The molecule has 0 aliphatic rings. The zero-order chi connectivity index (χ0) is 20.4. The van der Waals surface area contributed by atoms with Crippen LogP contribution >= 0.6 is 0 Å². The van der Waals surface area contributed by atoms with Gasteiger partial charge in [-0.15, -0.1) is 0 Å². The molecular weight excluding hydrogens is 370 g/mol. The summed E-state index contributed by atoms with van der Waals surface area (Å²) in [6, 6.07) is 8.91. The summed E-state index contributed by atoms with van der Waals surface area (Å²) >= 11 is 0. The van der Waals surface area contributed by atoms with Gasteiger partial charge in [-0.25, -0.2) is 18.0 Å². The molecule has 2 aromatic rings. The van der Waals surface area contributed by atoms with Crippen LogP contribution < -0.4 is 4.31 Å². The second-order valence-corrected chi connectivity index (χ2v) is 7.89. The minimum Gasteiger partial charge on any atom is -0.465 e. The van der Waals surface area contributed by atoms with Crippen molar-refractivity contribution in [3.05, 3.63) is 58.7 Å². The first-order valence-electron chi connectivity index (χ1n) is 8.00. The van der Waals surface area contributed by atoms with Gasteiger partial charge in [0.1, 0.15) is 0 Å². The second kappa shape index (κ2) is 7.79. The minimum absolute atomic E-state index is 0.0617. The largest absolute Gasteiger partial charge is 0.465 e. The van der Waals surface area contributed by atoms with Crippen molar-refractivity contribution in [3.8, 4) is 0 Å². The van der Waals surface area contributed by atoms with Crippen LogP contribution in [0, 0.1) is 13.8 Å². The fourth-order valence-corrected chi connectivity index (χ4v) is 3.91.